The Bertz CT molecular complexity index is 485. The van der Waals surface area contributed by atoms with Crippen molar-refractivity contribution in [3.8, 4) is 0 Å². The number of benzene rings is 1. The topological polar surface area (TPSA) is 58.4 Å². The van der Waals surface area contributed by atoms with Crippen molar-refractivity contribution in [3.63, 3.8) is 0 Å². The summed E-state index contributed by atoms with van der Waals surface area (Å²) < 4.78 is 0. The molecule has 3 N–H and O–H groups in total. The second kappa shape index (κ2) is 5.61. The molecule has 1 aromatic carbocycles. The summed E-state index contributed by atoms with van der Waals surface area (Å²) in [7, 11) is 2.09. The maximum atomic E-state index is 12.3. The fourth-order valence-corrected chi connectivity index (χ4v) is 2.66. The van der Waals surface area contributed by atoms with Crippen LogP contribution in [-0.4, -0.2) is 37.0 Å². The Balaban J connectivity index is 2.09. The molecular formula is C15H23N3O. The highest BCUT2D eigenvalue weighted by Crippen LogP contribution is 2.18. The predicted molar refractivity (Wildman–Crippen MR) is 78.3 cm³/mol. The number of nitrogens with two attached hydrogens (primary N) is 1. The number of carbonyl (C=O) groups excluding carboxylic acids is 1. The van der Waals surface area contributed by atoms with Crippen LogP contribution in [0, 0.1) is 13.8 Å². The number of carbonyl (C=O) groups is 1. The lowest BCUT2D eigenvalue weighted by atomic mass is 10.0. The van der Waals surface area contributed by atoms with E-state index in [-0.39, 0.29) is 11.9 Å². The number of hydrogen-bond acceptors (Lipinski definition) is 3. The molecule has 1 fully saturated rings. The van der Waals surface area contributed by atoms with E-state index < -0.39 is 0 Å². The molecule has 4 nitrogen and oxygen atoms in total. The lowest BCUT2D eigenvalue weighted by Gasteiger charge is -2.30. The molecule has 2 rings (SSSR count). The number of nitrogens with one attached hydrogen (secondary N) is 1. The third-order valence-corrected chi connectivity index (χ3v) is 3.82. The van der Waals surface area contributed by atoms with Gasteiger partial charge in [0.2, 0.25) is 0 Å². The number of likely N-dealkylation sites (N-methyl/N-ethyl adjacent to an activating group) is 1. The first-order valence-corrected chi connectivity index (χ1v) is 6.83. The van der Waals surface area contributed by atoms with E-state index in [0.717, 1.165) is 37.1 Å². The van der Waals surface area contributed by atoms with Crippen LogP contribution in [0.1, 0.15) is 34.3 Å². The molecule has 4 heteroatoms. The van der Waals surface area contributed by atoms with Gasteiger partial charge in [0.1, 0.15) is 0 Å². The van der Waals surface area contributed by atoms with Crippen LogP contribution in [0.25, 0.3) is 0 Å². The van der Waals surface area contributed by atoms with Gasteiger partial charge in [-0.1, -0.05) is 6.07 Å². The third kappa shape index (κ3) is 3.26. The van der Waals surface area contributed by atoms with Gasteiger partial charge >= 0.3 is 0 Å². The van der Waals surface area contributed by atoms with Crippen LogP contribution in [0.4, 0.5) is 5.69 Å². The molecule has 19 heavy (non-hydrogen) atoms. The summed E-state index contributed by atoms with van der Waals surface area (Å²) in [6.45, 7) is 5.95. The number of piperidine rings is 1. The van der Waals surface area contributed by atoms with Crippen molar-refractivity contribution in [2.45, 2.75) is 32.7 Å². The van der Waals surface area contributed by atoms with Crippen LogP contribution in [0.15, 0.2) is 12.1 Å². The average Bonchev–Trinajstić information content (AvgIpc) is 2.33. The maximum Gasteiger partial charge on any atom is 0.251 e. The highest BCUT2D eigenvalue weighted by atomic mass is 16.1. The smallest absolute Gasteiger partial charge is 0.251 e. The molecule has 0 saturated carbocycles. The fraction of sp³-hybridized carbons (Fsp3) is 0.533. The van der Waals surface area contributed by atoms with Gasteiger partial charge in [0, 0.05) is 23.8 Å². The minimum Gasteiger partial charge on any atom is -0.398 e. The minimum atomic E-state index is -0.00972. The van der Waals surface area contributed by atoms with E-state index in [0.29, 0.717) is 11.3 Å². The van der Waals surface area contributed by atoms with E-state index >= 15 is 0 Å². The quantitative estimate of drug-likeness (QED) is 0.797. The Labute approximate surface area is 115 Å². The van der Waals surface area contributed by atoms with Crippen molar-refractivity contribution in [2.24, 2.45) is 0 Å². The number of aryl methyl sites for hydroxylation is 2. The lowest BCUT2D eigenvalue weighted by Crippen LogP contribution is -2.46. The van der Waals surface area contributed by atoms with E-state index in [2.05, 4.69) is 17.3 Å². The van der Waals surface area contributed by atoms with Crippen molar-refractivity contribution in [1.82, 2.24) is 10.2 Å². The van der Waals surface area contributed by atoms with E-state index in [9.17, 15) is 4.79 Å². The van der Waals surface area contributed by atoms with Gasteiger partial charge in [-0.15, -0.1) is 0 Å². The van der Waals surface area contributed by atoms with Crippen molar-refractivity contribution in [2.75, 3.05) is 25.9 Å². The molecule has 0 aromatic heterocycles. The number of amides is 1. The normalized spacial score (nSPS) is 20.3. The van der Waals surface area contributed by atoms with Gasteiger partial charge in [0.05, 0.1) is 0 Å². The van der Waals surface area contributed by atoms with Gasteiger partial charge in [-0.3, -0.25) is 4.79 Å². The Morgan fingerprint density at radius 1 is 1.37 bits per heavy atom. The van der Waals surface area contributed by atoms with Crippen LogP contribution in [0.2, 0.25) is 0 Å². The van der Waals surface area contributed by atoms with Crippen molar-refractivity contribution < 1.29 is 4.79 Å². The number of hydrogen-bond donors (Lipinski definition) is 2. The van der Waals surface area contributed by atoms with Crippen molar-refractivity contribution in [3.05, 3.63) is 28.8 Å². The largest absolute Gasteiger partial charge is 0.398 e. The van der Waals surface area contributed by atoms with Crippen LogP contribution >= 0.6 is 0 Å². The summed E-state index contributed by atoms with van der Waals surface area (Å²) >= 11 is 0. The molecule has 1 amide bonds. The molecule has 1 atom stereocenters. The first kappa shape index (κ1) is 13.9. The Morgan fingerprint density at radius 3 is 2.79 bits per heavy atom. The molecule has 0 spiro atoms. The van der Waals surface area contributed by atoms with Gasteiger partial charge in [-0.2, -0.15) is 0 Å². The summed E-state index contributed by atoms with van der Waals surface area (Å²) in [6, 6.07) is 4.00. The zero-order valence-electron chi connectivity index (χ0n) is 12.0. The maximum absolute atomic E-state index is 12.3. The fourth-order valence-electron chi connectivity index (χ4n) is 2.66. The monoisotopic (exact) mass is 261 g/mol. The first-order chi connectivity index (χ1) is 8.97. The Hall–Kier alpha value is -1.55. The Morgan fingerprint density at radius 2 is 2.11 bits per heavy atom. The number of likely N-dealkylation sites (tertiary alicyclic amines) is 1. The van der Waals surface area contributed by atoms with Crippen molar-refractivity contribution >= 4 is 11.6 Å². The minimum absolute atomic E-state index is 0.00972. The summed E-state index contributed by atoms with van der Waals surface area (Å²) in [5.41, 5.74) is 9.26. The molecule has 0 aliphatic carbocycles. The molecule has 1 saturated heterocycles. The molecule has 1 aliphatic heterocycles. The first-order valence-electron chi connectivity index (χ1n) is 6.83. The van der Waals surface area contributed by atoms with Gasteiger partial charge in [0.25, 0.3) is 5.91 Å². The van der Waals surface area contributed by atoms with Gasteiger partial charge in [-0.25, -0.2) is 0 Å². The lowest BCUT2D eigenvalue weighted by molar-refractivity contribution is 0.0912. The van der Waals surface area contributed by atoms with E-state index in [4.69, 9.17) is 5.73 Å². The van der Waals surface area contributed by atoms with E-state index in [1.807, 2.05) is 19.9 Å². The number of anilines is 1. The zero-order chi connectivity index (χ0) is 14.0. The molecule has 0 bridgehead atoms. The molecule has 0 radical (unpaired) electrons. The van der Waals surface area contributed by atoms with Crippen LogP contribution in [0.5, 0.6) is 0 Å². The van der Waals surface area contributed by atoms with Gasteiger partial charge < -0.3 is 16.0 Å². The average molecular weight is 261 g/mol. The summed E-state index contributed by atoms with van der Waals surface area (Å²) in [5, 5.41) is 3.12. The summed E-state index contributed by atoms with van der Waals surface area (Å²) in [5.74, 6) is -0.00972. The molecule has 1 aliphatic rings. The highest BCUT2D eigenvalue weighted by molar-refractivity contribution is 5.96. The number of rotatable bonds is 2. The molecule has 1 heterocycles. The highest BCUT2D eigenvalue weighted by Gasteiger charge is 2.20. The molecule has 1 aromatic rings. The van der Waals surface area contributed by atoms with Gasteiger partial charge in [0.15, 0.2) is 0 Å². The summed E-state index contributed by atoms with van der Waals surface area (Å²) in [6.07, 6.45) is 2.19. The SMILES string of the molecule is Cc1cc(C)c(C(=O)NC2CCCN(C)C2)cc1N. The molecular weight excluding hydrogens is 238 g/mol. The van der Waals surface area contributed by atoms with Crippen LogP contribution < -0.4 is 11.1 Å². The van der Waals surface area contributed by atoms with Crippen molar-refractivity contribution in [1.29, 1.82) is 0 Å². The molecule has 104 valence electrons. The summed E-state index contributed by atoms with van der Waals surface area (Å²) in [4.78, 5) is 14.6. The standard InChI is InChI=1S/C15H23N3O/c1-10-7-11(2)14(16)8-13(10)15(19)17-12-5-4-6-18(3)9-12/h7-8,12H,4-6,9,16H2,1-3H3,(H,17,19). The van der Waals surface area contributed by atoms with E-state index in [1.165, 1.54) is 0 Å². The third-order valence-electron chi connectivity index (χ3n) is 3.82. The molecule has 1 unspecified atom stereocenters. The second-order valence-corrected chi connectivity index (χ2v) is 5.60. The number of nitrogens with zero attached hydrogens (tertiary/aromatic N) is 1. The van der Waals surface area contributed by atoms with Crippen LogP contribution in [-0.2, 0) is 0 Å². The second-order valence-electron chi connectivity index (χ2n) is 5.60. The Kier molecular flexibility index (Phi) is 4.10. The van der Waals surface area contributed by atoms with E-state index in [1.54, 1.807) is 6.07 Å². The van der Waals surface area contributed by atoms with Crippen LogP contribution in [0.3, 0.4) is 0 Å². The zero-order valence-corrected chi connectivity index (χ0v) is 12.0. The van der Waals surface area contributed by atoms with Gasteiger partial charge in [-0.05, 0) is 57.5 Å². The number of nitrogen functional groups attached to an aromatic ring is 1. The predicted octanol–water partition coefficient (Wildman–Crippen LogP) is 1.71.